The van der Waals surface area contributed by atoms with Gasteiger partial charge in [0, 0.05) is 54.1 Å². The van der Waals surface area contributed by atoms with E-state index in [1.807, 2.05) is 4.90 Å². The number of aromatic hydroxyl groups is 1. The number of aromatic nitrogens is 2. The van der Waals surface area contributed by atoms with Gasteiger partial charge in [-0.3, -0.25) is 4.90 Å². The molecule has 4 saturated heterocycles. The van der Waals surface area contributed by atoms with Crippen LogP contribution in [0.2, 0.25) is 0 Å². The Morgan fingerprint density at radius 1 is 1.06 bits per heavy atom. The van der Waals surface area contributed by atoms with Crippen LogP contribution in [0.4, 0.5) is 27.8 Å². The van der Waals surface area contributed by atoms with Crippen molar-refractivity contribution in [2.24, 2.45) is 5.92 Å². The molecule has 4 aliphatic heterocycles. The lowest BCUT2D eigenvalue weighted by Gasteiger charge is -2.42. The van der Waals surface area contributed by atoms with Crippen molar-refractivity contribution < 1.29 is 31.8 Å². The van der Waals surface area contributed by atoms with Gasteiger partial charge in [0.2, 0.25) is 0 Å². The molecule has 5 aliphatic rings. The zero-order valence-corrected chi connectivity index (χ0v) is 28.3. The Morgan fingerprint density at radius 2 is 1.81 bits per heavy atom. The Bertz CT molecular complexity index is 2260. The lowest BCUT2D eigenvalue weighted by molar-refractivity contribution is -0.137. The zero-order valence-electron chi connectivity index (χ0n) is 28.3. The number of anilines is 1. The number of fused-ring (bicyclic) bond motifs is 5. The monoisotopic (exact) mass is 713 g/mol. The molecule has 3 aromatic carbocycles. The molecule has 1 saturated carbocycles. The molecule has 5 heterocycles. The molecule has 2 atom stereocenters. The summed E-state index contributed by atoms with van der Waals surface area (Å²) in [6.07, 6.45) is 5.89. The van der Waals surface area contributed by atoms with Gasteiger partial charge in [-0.05, 0) is 79.7 Å². The van der Waals surface area contributed by atoms with Crippen molar-refractivity contribution in [3.63, 3.8) is 0 Å². The number of rotatable bonds is 6. The van der Waals surface area contributed by atoms with Crippen LogP contribution >= 0.6 is 0 Å². The normalized spacial score (nSPS) is 24.2. The molecule has 4 aromatic rings. The van der Waals surface area contributed by atoms with Crippen molar-refractivity contribution in [1.29, 1.82) is 0 Å². The van der Waals surface area contributed by atoms with E-state index in [0.29, 0.717) is 44.9 Å². The van der Waals surface area contributed by atoms with E-state index in [4.69, 9.17) is 16.1 Å². The van der Waals surface area contributed by atoms with E-state index < -0.39 is 45.8 Å². The Morgan fingerprint density at radius 3 is 2.50 bits per heavy atom. The second kappa shape index (κ2) is 11.4. The molecule has 52 heavy (non-hydrogen) atoms. The van der Waals surface area contributed by atoms with E-state index in [0.717, 1.165) is 55.0 Å². The summed E-state index contributed by atoms with van der Waals surface area (Å²) >= 11 is 0. The summed E-state index contributed by atoms with van der Waals surface area (Å²) in [5.74, 6) is 0.188. The highest BCUT2D eigenvalue weighted by atomic mass is 19.4. The van der Waals surface area contributed by atoms with E-state index in [-0.39, 0.29) is 57.3 Å². The molecule has 0 radical (unpaired) electrons. The number of phenols is 1. The van der Waals surface area contributed by atoms with E-state index in [9.17, 15) is 5.11 Å². The van der Waals surface area contributed by atoms with Crippen molar-refractivity contribution in [2.45, 2.75) is 61.8 Å². The number of halogens is 5. The predicted octanol–water partition coefficient (Wildman–Crippen LogP) is 7.49. The predicted molar refractivity (Wildman–Crippen MR) is 188 cm³/mol. The van der Waals surface area contributed by atoms with Gasteiger partial charge in [0.05, 0.1) is 16.7 Å². The fourth-order valence-corrected chi connectivity index (χ4v) is 9.56. The Kier molecular flexibility index (Phi) is 7.25. The molecule has 5 fully saturated rings. The molecule has 12 heteroatoms. The van der Waals surface area contributed by atoms with Gasteiger partial charge in [-0.2, -0.15) is 23.1 Å². The van der Waals surface area contributed by atoms with Crippen molar-refractivity contribution in [1.82, 2.24) is 20.2 Å². The number of terminal acetylenes is 1. The summed E-state index contributed by atoms with van der Waals surface area (Å²) in [5, 5.41) is 14.3. The van der Waals surface area contributed by atoms with Crippen LogP contribution in [-0.2, 0) is 6.18 Å². The standard InChI is InChI=1S/C40H36F5N5O2/c1-4-27-31(41)8-5-23-11-26(51)12-28(32(23)27)33-30(40(43,44)45)13-29-35(34(33)42)46-37(52-20-38-14-21(2)16-50(38)17-22(3)15-38)47-36(29)49-18-25-9-10-39(19-49,48-25)24-6-7-24/h1,5,8,11-13,24-25,48,51H,2-3,6-7,9-10,14-20H2/t25-,39+/m0/s1. The number of nitrogens with zero attached hydrogens (tertiary/aromatic N) is 4. The van der Waals surface area contributed by atoms with Crippen molar-refractivity contribution in [3.8, 4) is 35.2 Å². The van der Waals surface area contributed by atoms with E-state index in [1.165, 1.54) is 12.1 Å². The van der Waals surface area contributed by atoms with E-state index in [1.54, 1.807) is 0 Å². The molecule has 2 N–H and O–H groups in total. The Balaban J connectivity index is 1.27. The highest BCUT2D eigenvalue weighted by Gasteiger charge is 2.54. The maximum absolute atomic E-state index is 17.4. The first-order valence-corrected chi connectivity index (χ1v) is 17.5. The minimum Gasteiger partial charge on any atom is -0.508 e. The average molecular weight is 714 g/mol. The number of alkyl halides is 3. The minimum atomic E-state index is -5.08. The summed E-state index contributed by atoms with van der Waals surface area (Å²) in [6, 6.07) is 5.34. The molecule has 0 spiro atoms. The van der Waals surface area contributed by atoms with Crippen LogP contribution in [0.1, 0.15) is 49.7 Å². The second-order valence-electron chi connectivity index (χ2n) is 15.4. The molecule has 0 amide bonds. The quantitative estimate of drug-likeness (QED) is 0.122. The van der Waals surface area contributed by atoms with Crippen LogP contribution in [0.25, 0.3) is 32.8 Å². The molecule has 7 nitrogen and oxygen atoms in total. The van der Waals surface area contributed by atoms with Crippen molar-refractivity contribution in [2.75, 3.05) is 37.7 Å². The fraction of sp³-hybridized carbons (Fsp3) is 0.400. The number of piperazine rings is 1. The van der Waals surface area contributed by atoms with Crippen LogP contribution in [0.3, 0.4) is 0 Å². The lowest BCUT2D eigenvalue weighted by atomic mass is 9.89. The third-order valence-electron chi connectivity index (χ3n) is 11.8. The van der Waals surface area contributed by atoms with Gasteiger partial charge < -0.3 is 20.1 Å². The van der Waals surface area contributed by atoms with E-state index in [2.05, 4.69) is 34.3 Å². The second-order valence-corrected chi connectivity index (χ2v) is 15.4. The largest absolute Gasteiger partial charge is 0.508 e. The number of nitrogens with one attached hydrogen (secondary N) is 1. The summed E-state index contributed by atoms with van der Waals surface area (Å²) in [7, 11) is 0. The third-order valence-corrected chi connectivity index (χ3v) is 11.8. The summed E-state index contributed by atoms with van der Waals surface area (Å²) in [5.41, 5.74) is -1.92. The van der Waals surface area contributed by atoms with Gasteiger partial charge in [-0.25, -0.2) is 8.78 Å². The first kappa shape index (κ1) is 33.1. The number of ether oxygens (including phenoxy) is 1. The van der Waals surface area contributed by atoms with Crippen LogP contribution in [0.5, 0.6) is 11.8 Å². The van der Waals surface area contributed by atoms with Crippen LogP contribution in [0, 0.1) is 29.9 Å². The fourth-order valence-electron chi connectivity index (χ4n) is 9.56. The smallest absolute Gasteiger partial charge is 0.417 e. The molecule has 2 bridgehead atoms. The first-order valence-electron chi connectivity index (χ1n) is 17.5. The molecule has 0 unspecified atom stereocenters. The average Bonchev–Trinajstić information content (AvgIpc) is 3.77. The molecular formula is C40H36F5N5O2. The number of phenolic OH excluding ortho intramolecular Hbond substituents is 1. The van der Waals surface area contributed by atoms with Crippen LogP contribution in [-0.4, -0.2) is 69.9 Å². The number of benzene rings is 3. The Hall–Kier alpha value is -4.73. The summed E-state index contributed by atoms with van der Waals surface area (Å²) in [6.45, 7) is 10.8. The van der Waals surface area contributed by atoms with Gasteiger partial charge in [0.1, 0.15) is 29.5 Å². The first-order chi connectivity index (χ1) is 24.8. The van der Waals surface area contributed by atoms with Gasteiger partial charge in [0.15, 0.2) is 5.82 Å². The molecular weight excluding hydrogens is 677 g/mol. The highest BCUT2D eigenvalue weighted by molar-refractivity contribution is 6.05. The van der Waals surface area contributed by atoms with Crippen molar-refractivity contribution in [3.05, 3.63) is 77.4 Å². The number of hydrogen-bond acceptors (Lipinski definition) is 7. The summed E-state index contributed by atoms with van der Waals surface area (Å²) in [4.78, 5) is 13.4. The van der Waals surface area contributed by atoms with Gasteiger partial charge in [-0.15, -0.1) is 6.42 Å². The van der Waals surface area contributed by atoms with Crippen LogP contribution in [0.15, 0.2) is 54.6 Å². The molecule has 268 valence electrons. The maximum atomic E-state index is 17.4. The van der Waals surface area contributed by atoms with Gasteiger partial charge in [0.25, 0.3) is 0 Å². The van der Waals surface area contributed by atoms with Gasteiger partial charge in [-0.1, -0.05) is 36.3 Å². The minimum absolute atomic E-state index is 0.0899. The lowest BCUT2D eigenvalue weighted by Crippen LogP contribution is -2.61. The van der Waals surface area contributed by atoms with E-state index >= 15 is 22.0 Å². The zero-order chi connectivity index (χ0) is 36.3. The maximum Gasteiger partial charge on any atom is 0.417 e. The third kappa shape index (κ3) is 5.15. The molecule has 1 aromatic heterocycles. The van der Waals surface area contributed by atoms with Crippen molar-refractivity contribution >= 4 is 27.5 Å². The van der Waals surface area contributed by atoms with Gasteiger partial charge >= 0.3 is 12.2 Å². The molecule has 1 aliphatic carbocycles. The summed E-state index contributed by atoms with van der Waals surface area (Å²) < 4.78 is 84.3. The highest BCUT2D eigenvalue weighted by Crippen LogP contribution is 2.51. The Labute approximate surface area is 297 Å². The number of hydrogen-bond donors (Lipinski definition) is 2. The molecule has 9 rings (SSSR count). The van der Waals surface area contributed by atoms with Crippen LogP contribution < -0.4 is 15.0 Å². The topological polar surface area (TPSA) is 73.8 Å². The SMILES string of the molecule is C#Cc1c(F)ccc2cc(O)cc(-c3c(C(F)(F)F)cc4c(N5C[C@@H]6CC[C@](C7CC7)(C5)N6)nc(OCC56CC(=C)CN5CC(=C)C6)nc4c3F)c12.